The van der Waals surface area contributed by atoms with Crippen LogP contribution in [0.2, 0.25) is 0 Å². The van der Waals surface area contributed by atoms with Gasteiger partial charge >= 0.3 is 0 Å². The molecule has 0 saturated carbocycles. The fourth-order valence-corrected chi connectivity index (χ4v) is 1.92. The number of aromatic hydroxyl groups is 1. The van der Waals surface area contributed by atoms with Gasteiger partial charge in [0.25, 0.3) is 5.91 Å². The fourth-order valence-electron chi connectivity index (χ4n) is 1.57. The molecule has 0 aliphatic heterocycles. The minimum atomic E-state index is -0.237. The summed E-state index contributed by atoms with van der Waals surface area (Å²) in [4.78, 5) is 12.0. The van der Waals surface area contributed by atoms with Crippen LogP contribution in [0.3, 0.4) is 0 Å². The van der Waals surface area contributed by atoms with Crippen molar-refractivity contribution in [2.45, 2.75) is 5.33 Å². The average Bonchev–Trinajstić information content (AvgIpc) is 2.41. The summed E-state index contributed by atoms with van der Waals surface area (Å²) in [5.74, 6) is -0.179. The van der Waals surface area contributed by atoms with Crippen LogP contribution in [0.15, 0.2) is 48.5 Å². The lowest BCUT2D eigenvalue weighted by molar-refractivity contribution is 0.102. The van der Waals surface area contributed by atoms with E-state index in [1.807, 2.05) is 18.2 Å². The first kappa shape index (κ1) is 12.6. The van der Waals surface area contributed by atoms with Crippen molar-refractivity contribution in [2.24, 2.45) is 0 Å². The number of carbonyl (C=O) groups is 1. The first-order valence-corrected chi connectivity index (χ1v) is 6.57. The van der Waals surface area contributed by atoms with Gasteiger partial charge in [0.15, 0.2) is 0 Å². The van der Waals surface area contributed by atoms with Crippen molar-refractivity contribution in [3.05, 3.63) is 59.7 Å². The van der Waals surface area contributed by atoms with E-state index in [-0.39, 0.29) is 11.7 Å². The average molecular weight is 306 g/mol. The monoisotopic (exact) mass is 305 g/mol. The minimum absolute atomic E-state index is 0.0579. The lowest BCUT2D eigenvalue weighted by Gasteiger charge is -2.07. The molecule has 92 valence electrons. The van der Waals surface area contributed by atoms with Gasteiger partial charge in [-0.15, -0.1) is 0 Å². The van der Waals surface area contributed by atoms with Gasteiger partial charge in [-0.25, -0.2) is 0 Å². The largest absolute Gasteiger partial charge is 0.506 e. The van der Waals surface area contributed by atoms with Gasteiger partial charge in [-0.3, -0.25) is 4.79 Å². The van der Waals surface area contributed by atoms with Crippen molar-refractivity contribution in [2.75, 3.05) is 5.32 Å². The van der Waals surface area contributed by atoms with E-state index < -0.39 is 0 Å². The second-order valence-electron chi connectivity index (χ2n) is 3.81. The molecule has 0 aliphatic rings. The molecule has 4 heteroatoms. The summed E-state index contributed by atoms with van der Waals surface area (Å²) in [5.41, 5.74) is 2.00. The Hall–Kier alpha value is -1.81. The quantitative estimate of drug-likeness (QED) is 0.673. The number of amides is 1. The van der Waals surface area contributed by atoms with Crippen molar-refractivity contribution in [1.82, 2.24) is 0 Å². The number of alkyl halides is 1. The van der Waals surface area contributed by atoms with Crippen LogP contribution in [0.5, 0.6) is 5.75 Å². The maximum atomic E-state index is 12.0. The Balaban J connectivity index is 2.19. The number of phenols is 1. The Morgan fingerprint density at radius 1 is 1.17 bits per heavy atom. The zero-order chi connectivity index (χ0) is 13.0. The van der Waals surface area contributed by atoms with E-state index in [0.29, 0.717) is 16.6 Å². The van der Waals surface area contributed by atoms with Crippen LogP contribution in [0.25, 0.3) is 0 Å². The second-order valence-corrected chi connectivity index (χ2v) is 4.37. The van der Waals surface area contributed by atoms with Gasteiger partial charge in [0, 0.05) is 10.9 Å². The number of rotatable bonds is 3. The summed E-state index contributed by atoms with van der Waals surface area (Å²) >= 11 is 3.35. The lowest BCUT2D eigenvalue weighted by Crippen LogP contribution is -2.12. The summed E-state index contributed by atoms with van der Waals surface area (Å²) in [6.45, 7) is 0. The SMILES string of the molecule is O=C(Nc1ccccc1O)c1cccc(CBr)c1. The third-order valence-corrected chi connectivity index (χ3v) is 3.14. The molecule has 0 fully saturated rings. The van der Waals surface area contributed by atoms with Gasteiger partial charge in [-0.1, -0.05) is 40.2 Å². The first-order chi connectivity index (χ1) is 8.70. The zero-order valence-corrected chi connectivity index (χ0v) is 11.1. The number of para-hydroxylation sites is 2. The van der Waals surface area contributed by atoms with Crippen LogP contribution in [0.4, 0.5) is 5.69 Å². The van der Waals surface area contributed by atoms with Crippen molar-refractivity contribution in [1.29, 1.82) is 0 Å². The molecule has 18 heavy (non-hydrogen) atoms. The highest BCUT2D eigenvalue weighted by Gasteiger charge is 2.08. The van der Waals surface area contributed by atoms with E-state index in [2.05, 4.69) is 21.2 Å². The summed E-state index contributed by atoms with van der Waals surface area (Å²) in [5, 5.41) is 13.0. The third-order valence-electron chi connectivity index (χ3n) is 2.50. The lowest BCUT2D eigenvalue weighted by atomic mass is 10.1. The second kappa shape index (κ2) is 5.69. The molecule has 0 unspecified atom stereocenters. The Morgan fingerprint density at radius 3 is 2.67 bits per heavy atom. The minimum Gasteiger partial charge on any atom is -0.506 e. The molecule has 0 aliphatic carbocycles. The first-order valence-electron chi connectivity index (χ1n) is 5.45. The van der Waals surface area contributed by atoms with Crippen molar-refractivity contribution in [3.63, 3.8) is 0 Å². The van der Waals surface area contributed by atoms with Crippen LogP contribution >= 0.6 is 15.9 Å². The number of nitrogens with one attached hydrogen (secondary N) is 1. The predicted molar refractivity (Wildman–Crippen MR) is 75.1 cm³/mol. The van der Waals surface area contributed by atoms with Gasteiger partial charge in [0.1, 0.15) is 5.75 Å². The summed E-state index contributed by atoms with van der Waals surface area (Å²) in [6.07, 6.45) is 0. The summed E-state index contributed by atoms with van der Waals surface area (Å²) < 4.78 is 0. The van der Waals surface area contributed by atoms with E-state index in [1.165, 1.54) is 6.07 Å². The molecule has 2 rings (SSSR count). The Morgan fingerprint density at radius 2 is 1.94 bits per heavy atom. The maximum Gasteiger partial charge on any atom is 0.255 e. The van der Waals surface area contributed by atoms with Gasteiger partial charge < -0.3 is 10.4 Å². The molecular formula is C14H12BrNO2. The number of carbonyl (C=O) groups excluding carboxylic acids is 1. The van der Waals surface area contributed by atoms with Crippen LogP contribution in [-0.4, -0.2) is 11.0 Å². The van der Waals surface area contributed by atoms with Crippen molar-refractivity contribution >= 4 is 27.5 Å². The zero-order valence-electron chi connectivity index (χ0n) is 9.56. The highest BCUT2D eigenvalue weighted by Crippen LogP contribution is 2.22. The number of halogens is 1. The fraction of sp³-hybridized carbons (Fsp3) is 0.0714. The van der Waals surface area contributed by atoms with Crippen LogP contribution in [0, 0.1) is 0 Å². The normalized spacial score (nSPS) is 10.1. The Labute approximate surface area is 114 Å². The van der Waals surface area contributed by atoms with E-state index >= 15 is 0 Å². The van der Waals surface area contributed by atoms with Gasteiger partial charge in [0.05, 0.1) is 5.69 Å². The maximum absolute atomic E-state index is 12.0. The molecular weight excluding hydrogens is 294 g/mol. The van der Waals surface area contributed by atoms with Crippen molar-refractivity contribution < 1.29 is 9.90 Å². The van der Waals surface area contributed by atoms with Crippen LogP contribution in [0.1, 0.15) is 15.9 Å². The van der Waals surface area contributed by atoms with Gasteiger partial charge in [-0.05, 0) is 29.8 Å². The molecule has 2 aromatic rings. The van der Waals surface area contributed by atoms with Crippen molar-refractivity contribution in [3.8, 4) is 5.75 Å². The molecule has 0 radical (unpaired) electrons. The predicted octanol–water partition coefficient (Wildman–Crippen LogP) is 3.54. The number of hydrogen-bond acceptors (Lipinski definition) is 2. The standard InChI is InChI=1S/C14H12BrNO2/c15-9-10-4-3-5-11(8-10)14(18)16-12-6-1-2-7-13(12)17/h1-8,17H,9H2,(H,16,18). The van der Waals surface area contributed by atoms with E-state index in [9.17, 15) is 9.90 Å². The molecule has 1 amide bonds. The molecule has 0 bridgehead atoms. The molecule has 0 spiro atoms. The topological polar surface area (TPSA) is 49.3 Å². The Bertz CT molecular complexity index is 569. The molecule has 0 aromatic heterocycles. The smallest absolute Gasteiger partial charge is 0.255 e. The molecule has 0 saturated heterocycles. The molecule has 2 aromatic carbocycles. The highest BCUT2D eigenvalue weighted by molar-refractivity contribution is 9.08. The van der Waals surface area contributed by atoms with E-state index in [4.69, 9.17) is 0 Å². The van der Waals surface area contributed by atoms with E-state index in [0.717, 1.165) is 5.56 Å². The van der Waals surface area contributed by atoms with Gasteiger partial charge in [-0.2, -0.15) is 0 Å². The molecule has 0 atom stereocenters. The number of anilines is 1. The Kier molecular flexibility index (Phi) is 3.99. The van der Waals surface area contributed by atoms with Gasteiger partial charge in [0.2, 0.25) is 0 Å². The third kappa shape index (κ3) is 2.90. The summed E-state index contributed by atoms with van der Waals surface area (Å²) in [6, 6.07) is 14.0. The molecule has 3 nitrogen and oxygen atoms in total. The van der Waals surface area contributed by atoms with E-state index in [1.54, 1.807) is 24.3 Å². The number of phenolic OH excluding ortho intramolecular Hbond substituents is 1. The molecule has 2 N–H and O–H groups in total. The van der Waals surface area contributed by atoms with Crippen LogP contribution < -0.4 is 5.32 Å². The molecule has 0 heterocycles. The van der Waals surface area contributed by atoms with Crippen LogP contribution in [-0.2, 0) is 5.33 Å². The number of hydrogen-bond donors (Lipinski definition) is 2. The summed E-state index contributed by atoms with van der Waals surface area (Å²) in [7, 11) is 0. The highest BCUT2D eigenvalue weighted by atomic mass is 79.9. The number of benzene rings is 2.